The first-order valence-corrected chi connectivity index (χ1v) is 11.6. The van der Waals surface area contributed by atoms with E-state index in [1.165, 1.54) is 25.0 Å². The zero-order valence-electron chi connectivity index (χ0n) is 19.2. The van der Waals surface area contributed by atoms with E-state index in [-0.39, 0.29) is 11.6 Å². The molecule has 1 aliphatic heterocycles. The number of alkyl halides is 1. The van der Waals surface area contributed by atoms with Gasteiger partial charge in [-0.05, 0) is 75.0 Å². The zero-order chi connectivity index (χ0) is 23.4. The monoisotopic (exact) mass is 459 g/mol. The highest BCUT2D eigenvalue weighted by molar-refractivity contribution is 5.77. The van der Waals surface area contributed by atoms with Crippen LogP contribution in [0, 0.1) is 0 Å². The molecule has 0 spiro atoms. The highest BCUT2D eigenvalue weighted by atomic mass is 19.1. The number of benzene rings is 1. The normalized spacial score (nSPS) is 16.0. The Morgan fingerprint density at radius 2 is 2.00 bits per heavy atom. The topological polar surface area (TPSA) is 89.7 Å². The minimum atomic E-state index is -1.60. The molecule has 6 rings (SSSR count). The fourth-order valence-corrected chi connectivity index (χ4v) is 4.49. The summed E-state index contributed by atoms with van der Waals surface area (Å²) in [6, 6.07) is 11.5. The number of rotatable bonds is 5. The van der Waals surface area contributed by atoms with Crippen molar-refractivity contribution in [2.45, 2.75) is 51.4 Å². The lowest BCUT2D eigenvalue weighted by Crippen LogP contribution is -2.23. The van der Waals surface area contributed by atoms with Gasteiger partial charge in [-0.2, -0.15) is 4.98 Å². The molecule has 0 saturated heterocycles. The predicted molar refractivity (Wildman–Crippen MR) is 128 cm³/mol. The van der Waals surface area contributed by atoms with Crippen molar-refractivity contribution < 1.29 is 4.39 Å². The molecule has 4 aromatic rings. The van der Waals surface area contributed by atoms with E-state index in [2.05, 4.69) is 32.7 Å². The molecule has 0 amide bonds. The van der Waals surface area contributed by atoms with Crippen molar-refractivity contribution in [1.82, 2.24) is 29.6 Å². The minimum absolute atomic E-state index is 0.0788. The molecule has 1 aliphatic carbocycles. The summed E-state index contributed by atoms with van der Waals surface area (Å²) in [5.41, 5.74) is 2.48. The van der Waals surface area contributed by atoms with E-state index < -0.39 is 5.67 Å². The third kappa shape index (κ3) is 3.66. The van der Waals surface area contributed by atoms with Gasteiger partial charge in [-0.3, -0.25) is 4.79 Å². The number of nitrogens with zero attached hydrogens (tertiary/aromatic N) is 5. The Kier molecular flexibility index (Phi) is 4.77. The second-order valence-electron chi connectivity index (χ2n) is 9.51. The molecule has 34 heavy (non-hydrogen) atoms. The summed E-state index contributed by atoms with van der Waals surface area (Å²) in [4.78, 5) is 26.9. The Bertz CT molecular complexity index is 1460. The SMILES string of the molecule is CC(C)(F)c1cccc(-n2c3nc(Nc4ccc5c(c4)CNCC5)ncc3c(=O)n2C2CC2)n1. The van der Waals surface area contributed by atoms with Crippen LogP contribution in [0.15, 0.2) is 47.4 Å². The highest BCUT2D eigenvalue weighted by Crippen LogP contribution is 2.36. The number of aromatic nitrogens is 5. The van der Waals surface area contributed by atoms with E-state index >= 15 is 0 Å². The fraction of sp³-hybridized carbons (Fsp3) is 0.360. The molecule has 9 heteroatoms. The standard InChI is InChI=1S/C25H26FN7O/c1-25(2,26)20-4-3-5-21(30-20)33-22-19(23(34)32(33)18-8-9-18)14-28-24(31-22)29-17-7-6-15-10-11-27-13-16(15)12-17/h3-7,12,14,18,27H,8-11,13H2,1-2H3,(H,28,29,31). The molecule has 2 aliphatic rings. The maximum atomic E-state index is 14.7. The summed E-state index contributed by atoms with van der Waals surface area (Å²) >= 11 is 0. The van der Waals surface area contributed by atoms with Gasteiger partial charge >= 0.3 is 0 Å². The second kappa shape index (κ2) is 7.73. The average molecular weight is 460 g/mol. The van der Waals surface area contributed by atoms with E-state index in [0.717, 1.165) is 38.0 Å². The maximum absolute atomic E-state index is 14.7. The number of hydrogen-bond acceptors (Lipinski definition) is 6. The van der Waals surface area contributed by atoms with Gasteiger partial charge in [0.2, 0.25) is 5.95 Å². The molecule has 3 aromatic heterocycles. The summed E-state index contributed by atoms with van der Waals surface area (Å²) < 4.78 is 18.1. The van der Waals surface area contributed by atoms with Crippen LogP contribution in [-0.4, -0.2) is 30.9 Å². The Morgan fingerprint density at radius 1 is 1.15 bits per heavy atom. The number of halogens is 1. The smallest absolute Gasteiger partial charge is 0.278 e. The second-order valence-corrected chi connectivity index (χ2v) is 9.51. The van der Waals surface area contributed by atoms with Gasteiger partial charge in [0.25, 0.3) is 5.56 Å². The third-order valence-electron chi connectivity index (χ3n) is 6.43. The molecule has 0 radical (unpaired) electrons. The van der Waals surface area contributed by atoms with Gasteiger partial charge in [-0.15, -0.1) is 0 Å². The van der Waals surface area contributed by atoms with Crippen LogP contribution in [-0.2, 0) is 18.6 Å². The molecular weight excluding hydrogens is 433 g/mol. The Labute approximate surface area is 195 Å². The first kappa shape index (κ1) is 21.0. The van der Waals surface area contributed by atoms with Crippen molar-refractivity contribution in [3.8, 4) is 5.82 Å². The van der Waals surface area contributed by atoms with E-state index in [1.54, 1.807) is 33.8 Å². The fourth-order valence-electron chi connectivity index (χ4n) is 4.49. The van der Waals surface area contributed by atoms with E-state index in [4.69, 9.17) is 4.98 Å². The first-order valence-electron chi connectivity index (χ1n) is 11.6. The van der Waals surface area contributed by atoms with Gasteiger partial charge in [0.1, 0.15) is 11.1 Å². The molecule has 0 unspecified atom stereocenters. The lowest BCUT2D eigenvalue weighted by Gasteiger charge is -2.18. The zero-order valence-corrected chi connectivity index (χ0v) is 19.2. The van der Waals surface area contributed by atoms with Gasteiger partial charge < -0.3 is 10.6 Å². The number of hydrogen-bond donors (Lipinski definition) is 2. The van der Waals surface area contributed by atoms with Crippen LogP contribution in [0.1, 0.15) is 49.6 Å². The average Bonchev–Trinajstić information content (AvgIpc) is 3.62. The highest BCUT2D eigenvalue weighted by Gasteiger charge is 2.31. The lowest BCUT2D eigenvalue weighted by atomic mass is 10.0. The molecule has 2 N–H and O–H groups in total. The minimum Gasteiger partial charge on any atom is -0.324 e. The van der Waals surface area contributed by atoms with Gasteiger partial charge in [-0.1, -0.05) is 12.1 Å². The molecule has 0 atom stereocenters. The lowest BCUT2D eigenvalue weighted by molar-refractivity contribution is 0.214. The Hall–Kier alpha value is -3.59. The number of nitrogens with one attached hydrogen (secondary N) is 2. The van der Waals surface area contributed by atoms with Gasteiger partial charge in [-0.25, -0.2) is 23.7 Å². The van der Waals surface area contributed by atoms with Crippen molar-refractivity contribution >= 4 is 22.7 Å². The summed E-state index contributed by atoms with van der Waals surface area (Å²) in [7, 11) is 0. The Balaban J connectivity index is 1.46. The van der Waals surface area contributed by atoms with Crippen LogP contribution in [0.5, 0.6) is 0 Å². The molecule has 1 aromatic carbocycles. The van der Waals surface area contributed by atoms with Crippen LogP contribution in [0.25, 0.3) is 16.9 Å². The van der Waals surface area contributed by atoms with Crippen LogP contribution < -0.4 is 16.2 Å². The molecule has 8 nitrogen and oxygen atoms in total. The van der Waals surface area contributed by atoms with Gasteiger partial charge in [0.05, 0.1) is 11.7 Å². The predicted octanol–water partition coefficient (Wildman–Crippen LogP) is 3.91. The quantitative estimate of drug-likeness (QED) is 0.470. The molecule has 1 fully saturated rings. The third-order valence-corrected chi connectivity index (χ3v) is 6.43. The van der Waals surface area contributed by atoms with Crippen molar-refractivity contribution in [3.05, 3.63) is 69.8 Å². The Morgan fingerprint density at radius 3 is 2.79 bits per heavy atom. The van der Waals surface area contributed by atoms with Crippen molar-refractivity contribution in [3.63, 3.8) is 0 Å². The van der Waals surface area contributed by atoms with Crippen molar-refractivity contribution in [1.29, 1.82) is 0 Å². The molecular formula is C25H26FN7O. The van der Waals surface area contributed by atoms with Crippen molar-refractivity contribution in [2.75, 3.05) is 11.9 Å². The van der Waals surface area contributed by atoms with Crippen molar-refractivity contribution in [2.24, 2.45) is 0 Å². The van der Waals surface area contributed by atoms with E-state index in [0.29, 0.717) is 28.5 Å². The van der Waals surface area contributed by atoms with Crippen LogP contribution >= 0.6 is 0 Å². The van der Waals surface area contributed by atoms with Gasteiger partial charge in [0.15, 0.2) is 11.5 Å². The number of pyridine rings is 1. The summed E-state index contributed by atoms with van der Waals surface area (Å²) in [5.74, 6) is 0.853. The van der Waals surface area contributed by atoms with Crippen LogP contribution in [0.3, 0.4) is 0 Å². The van der Waals surface area contributed by atoms with Crippen LogP contribution in [0.4, 0.5) is 16.0 Å². The molecule has 174 valence electrons. The maximum Gasteiger partial charge on any atom is 0.278 e. The molecule has 0 bridgehead atoms. The summed E-state index contributed by atoms with van der Waals surface area (Å²) in [6.45, 7) is 4.77. The van der Waals surface area contributed by atoms with Gasteiger partial charge in [0, 0.05) is 18.4 Å². The largest absolute Gasteiger partial charge is 0.324 e. The summed E-state index contributed by atoms with van der Waals surface area (Å²) in [6.07, 6.45) is 4.39. The van der Waals surface area contributed by atoms with E-state index in [9.17, 15) is 9.18 Å². The first-order chi connectivity index (χ1) is 16.4. The van der Waals surface area contributed by atoms with E-state index in [1.807, 2.05) is 6.07 Å². The summed E-state index contributed by atoms with van der Waals surface area (Å²) in [5, 5.41) is 7.08. The molecule has 1 saturated carbocycles. The number of anilines is 2. The number of fused-ring (bicyclic) bond motifs is 2. The van der Waals surface area contributed by atoms with Crippen LogP contribution in [0.2, 0.25) is 0 Å². The molecule has 4 heterocycles.